The first-order valence-electron chi connectivity index (χ1n) is 7.14. The Kier molecular flexibility index (Phi) is 6.29. The highest BCUT2D eigenvalue weighted by atomic mass is 35.5. The Morgan fingerprint density at radius 1 is 1.52 bits per heavy atom. The van der Waals surface area contributed by atoms with E-state index in [0.717, 1.165) is 10.7 Å². The van der Waals surface area contributed by atoms with Gasteiger partial charge in [0.15, 0.2) is 11.3 Å². The molecule has 0 aliphatic rings. The van der Waals surface area contributed by atoms with Crippen LogP contribution in [-0.4, -0.2) is 39.1 Å². The fourth-order valence-corrected chi connectivity index (χ4v) is 2.82. The van der Waals surface area contributed by atoms with Gasteiger partial charge in [0.25, 0.3) is 5.91 Å². The number of carbonyl (C=O) groups excluding carboxylic acids is 1. The van der Waals surface area contributed by atoms with Crippen molar-refractivity contribution >= 4 is 29.3 Å². The minimum Gasteiger partial charge on any atom is -0.481 e. The minimum atomic E-state index is -0.574. The van der Waals surface area contributed by atoms with E-state index in [1.807, 2.05) is 18.5 Å². The van der Waals surface area contributed by atoms with Crippen molar-refractivity contribution in [2.45, 2.75) is 25.1 Å². The highest BCUT2D eigenvalue weighted by Gasteiger charge is 2.15. The smallest absolute Gasteiger partial charge is 0.260 e. The summed E-state index contributed by atoms with van der Waals surface area (Å²) in [7, 11) is 1.88. The van der Waals surface area contributed by atoms with Gasteiger partial charge in [-0.3, -0.25) is 4.79 Å². The number of amides is 1. The first kappa shape index (κ1) is 17.6. The van der Waals surface area contributed by atoms with Crippen molar-refractivity contribution in [1.82, 2.24) is 20.1 Å². The van der Waals surface area contributed by atoms with E-state index in [-0.39, 0.29) is 5.91 Å². The summed E-state index contributed by atoms with van der Waals surface area (Å²) >= 11 is 7.44. The Bertz CT molecular complexity index is 677. The van der Waals surface area contributed by atoms with Crippen LogP contribution in [0.4, 0.5) is 0 Å². The lowest BCUT2D eigenvalue weighted by Crippen LogP contribution is -2.37. The summed E-state index contributed by atoms with van der Waals surface area (Å²) in [6.07, 6.45) is 1.07. The van der Waals surface area contributed by atoms with Gasteiger partial charge in [-0.2, -0.15) is 0 Å². The Labute approximate surface area is 144 Å². The average Bonchev–Trinajstić information content (AvgIpc) is 2.91. The second kappa shape index (κ2) is 8.21. The molecule has 0 saturated heterocycles. The average molecular weight is 355 g/mol. The molecule has 8 heteroatoms. The molecular weight excluding hydrogens is 336 g/mol. The molecule has 0 aliphatic heterocycles. The molecule has 23 heavy (non-hydrogen) atoms. The lowest BCUT2D eigenvalue weighted by Gasteiger charge is -2.16. The van der Waals surface area contributed by atoms with Crippen LogP contribution in [0, 0.1) is 6.92 Å². The zero-order valence-corrected chi connectivity index (χ0v) is 14.8. The molecular formula is C15H19ClN4O2S. The Morgan fingerprint density at radius 2 is 2.30 bits per heavy atom. The van der Waals surface area contributed by atoms with Crippen molar-refractivity contribution in [2.24, 2.45) is 7.05 Å². The van der Waals surface area contributed by atoms with E-state index in [0.29, 0.717) is 23.1 Å². The Balaban J connectivity index is 1.75. The number of nitrogens with one attached hydrogen (secondary N) is 1. The van der Waals surface area contributed by atoms with Crippen LogP contribution in [0.15, 0.2) is 29.7 Å². The van der Waals surface area contributed by atoms with Crippen LogP contribution in [0.1, 0.15) is 12.5 Å². The SMILES string of the molecule is Cc1cc(Cl)ccc1O[C@@H](C)C(=O)NCCSc1nncn1C. The largest absolute Gasteiger partial charge is 0.481 e. The standard InChI is InChI=1S/C15H19ClN4O2S/c1-10-8-12(16)4-5-13(10)22-11(2)14(21)17-6-7-23-15-19-18-9-20(15)3/h4-5,8-9,11H,6-7H2,1-3H3,(H,17,21)/t11-/m0/s1. The number of benzene rings is 1. The first-order valence-corrected chi connectivity index (χ1v) is 8.51. The van der Waals surface area contributed by atoms with Gasteiger partial charge in [0, 0.05) is 24.4 Å². The third kappa shape index (κ3) is 5.14. The summed E-state index contributed by atoms with van der Waals surface area (Å²) in [4.78, 5) is 12.0. The van der Waals surface area contributed by atoms with E-state index in [9.17, 15) is 4.79 Å². The number of nitrogens with zero attached hydrogens (tertiary/aromatic N) is 3. The van der Waals surface area contributed by atoms with Crippen molar-refractivity contribution in [1.29, 1.82) is 0 Å². The second-order valence-corrected chi connectivity index (χ2v) is 6.53. The number of aromatic nitrogens is 3. The van der Waals surface area contributed by atoms with Gasteiger partial charge in [-0.15, -0.1) is 10.2 Å². The maximum atomic E-state index is 12.0. The molecule has 1 aromatic heterocycles. The molecule has 124 valence electrons. The van der Waals surface area contributed by atoms with Crippen LogP contribution in [0.5, 0.6) is 5.75 Å². The third-order valence-electron chi connectivity index (χ3n) is 3.11. The number of thioether (sulfide) groups is 1. The lowest BCUT2D eigenvalue weighted by atomic mass is 10.2. The fraction of sp³-hybridized carbons (Fsp3) is 0.400. The van der Waals surface area contributed by atoms with E-state index >= 15 is 0 Å². The van der Waals surface area contributed by atoms with Crippen LogP contribution in [0.3, 0.4) is 0 Å². The van der Waals surface area contributed by atoms with E-state index in [2.05, 4.69) is 15.5 Å². The molecule has 0 unspecified atom stereocenters. The fourth-order valence-electron chi connectivity index (χ4n) is 1.85. The maximum absolute atomic E-state index is 12.0. The summed E-state index contributed by atoms with van der Waals surface area (Å²) in [5.74, 6) is 1.22. The molecule has 0 radical (unpaired) electrons. The minimum absolute atomic E-state index is 0.155. The zero-order chi connectivity index (χ0) is 16.8. The van der Waals surface area contributed by atoms with E-state index in [4.69, 9.17) is 16.3 Å². The predicted molar refractivity (Wildman–Crippen MR) is 91.0 cm³/mol. The number of rotatable bonds is 7. The molecule has 1 atom stereocenters. The zero-order valence-electron chi connectivity index (χ0n) is 13.2. The number of hydrogen-bond donors (Lipinski definition) is 1. The summed E-state index contributed by atoms with van der Waals surface area (Å²) in [6.45, 7) is 4.15. The van der Waals surface area contributed by atoms with Crippen LogP contribution in [0.25, 0.3) is 0 Å². The van der Waals surface area contributed by atoms with E-state index in [1.165, 1.54) is 11.8 Å². The number of aryl methyl sites for hydroxylation is 2. The van der Waals surface area contributed by atoms with Crippen LogP contribution < -0.4 is 10.1 Å². The highest BCUT2D eigenvalue weighted by molar-refractivity contribution is 7.99. The van der Waals surface area contributed by atoms with Crippen molar-refractivity contribution in [3.63, 3.8) is 0 Å². The number of hydrogen-bond acceptors (Lipinski definition) is 5. The van der Waals surface area contributed by atoms with Gasteiger partial charge in [0.1, 0.15) is 12.1 Å². The number of carbonyl (C=O) groups is 1. The molecule has 1 N–H and O–H groups in total. The summed E-state index contributed by atoms with van der Waals surface area (Å²) in [5.41, 5.74) is 0.898. The van der Waals surface area contributed by atoms with Gasteiger partial charge in [-0.1, -0.05) is 23.4 Å². The predicted octanol–water partition coefficient (Wildman–Crippen LogP) is 2.45. The van der Waals surface area contributed by atoms with Crippen LogP contribution in [-0.2, 0) is 11.8 Å². The molecule has 6 nitrogen and oxygen atoms in total. The maximum Gasteiger partial charge on any atom is 0.260 e. The summed E-state index contributed by atoms with van der Waals surface area (Å²) in [6, 6.07) is 5.32. The molecule has 0 aliphatic carbocycles. The molecule has 0 saturated carbocycles. The van der Waals surface area contributed by atoms with Crippen LogP contribution >= 0.6 is 23.4 Å². The molecule has 2 rings (SSSR count). The van der Waals surface area contributed by atoms with Gasteiger partial charge in [0.2, 0.25) is 0 Å². The van der Waals surface area contributed by atoms with Crippen molar-refractivity contribution in [2.75, 3.05) is 12.3 Å². The van der Waals surface area contributed by atoms with Gasteiger partial charge in [0.05, 0.1) is 0 Å². The molecule has 1 amide bonds. The molecule has 2 aromatic rings. The normalized spacial score (nSPS) is 12.0. The second-order valence-electron chi connectivity index (χ2n) is 5.03. The van der Waals surface area contributed by atoms with Crippen molar-refractivity contribution in [3.8, 4) is 5.75 Å². The number of ether oxygens (including phenoxy) is 1. The summed E-state index contributed by atoms with van der Waals surface area (Å²) < 4.78 is 7.51. The quantitative estimate of drug-likeness (QED) is 0.611. The van der Waals surface area contributed by atoms with Gasteiger partial charge in [-0.25, -0.2) is 0 Å². The summed E-state index contributed by atoms with van der Waals surface area (Å²) in [5, 5.41) is 12.1. The van der Waals surface area contributed by atoms with Gasteiger partial charge in [-0.05, 0) is 37.6 Å². The van der Waals surface area contributed by atoms with E-state index < -0.39 is 6.10 Å². The van der Waals surface area contributed by atoms with Crippen molar-refractivity contribution < 1.29 is 9.53 Å². The molecule has 1 heterocycles. The monoisotopic (exact) mass is 354 g/mol. The molecule has 1 aromatic carbocycles. The van der Waals surface area contributed by atoms with Gasteiger partial charge >= 0.3 is 0 Å². The molecule has 0 fully saturated rings. The highest BCUT2D eigenvalue weighted by Crippen LogP contribution is 2.22. The van der Waals surface area contributed by atoms with Crippen molar-refractivity contribution in [3.05, 3.63) is 35.1 Å². The first-order chi connectivity index (χ1) is 11.0. The number of halogens is 1. The van der Waals surface area contributed by atoms with E-state index in [1.54, 1.807) is 31.5 Å². The van der Waals surface area contributed by atoms with Crippen LogP contribution in [0.2, 0.25) is 5.02 Å². The molecule has 0 spiro atoms. The van der Waals surface area contributed by atoms with Gasteiger partial charge < -0.3 is 14.6 Å². The Morgan fingerprint density at radius 3 is 2.96 bits per heavy atom. The third-order valence-corrected chi connectivity index (χ3v) is 4.38. The lowest BCUT2D eigenvalue weighted by molar-refractivity contribution is -0.127. The topological polar surface area (TPSA) is 69.0 Å². The molecule has 0 bridgehead atoms. The Hall–Kier alpha value is -1.73.